The van der Waals surface area contributed by atoms with E-state index in [1.54, 1.807) is 0 Å². The van der Waals surface area contributed by atoms with E-state index in [-0.39, 0.29) is 5.41 Å². The van der Waals surface area contributed by atoms with Gasteiger partial charge in [0.25, 0.3) is 0 Å². The van der Waals surface area contributed by atoms with Crippen LogP contribution in [0, 0.1) is 6.92 Å². The summed E-state index contributed by atoms with van der Waals surface area (Å²) in [6.07, 6.45) is 1.83. The Balaban J connectivity index is 2.09. The number of nitrogens with two attached hydrogens (primary N) is 1. The number of nitrogen functional groups attached to an aromatic ring is 1. The van der Waals surface area contributed by atoms with Gasteiger partial charge in [0.2, 0.25) is 0 Å². The fourth-order valence-corrected chi connectivity index (χ4v) is 2.01. The molecule has 0 saturated heterocycles. The van der Waals surface area contributed by atoms with Gasteiger partial charge in [-0.25, -0.2) is 0 Å². The maximum Gasteiger partial charge on any atom is 0.0574 e. The third-order valence-corrected chi connectivity index (χ3v) is 3.29. The lowest BCUT2D eigenvalue weighted by molar-refractivity contribution is 0.538. The van der Waals surface area contributed by atoms with E-state index < -0.39 is 0 Å². The third kappa shape index (κ3) is 3.25. The van der Waals surface area contributed by atoms with Gasteiger partial charge in [0.1, 0.15) is 0 Å². The van der Waals surface area contributed by atoms with Crippen molar-refractivity contribution in [2.24, 2.45) is 0 Å². The van der Waals surface area contributed by atoms with E-state index in [2.05, 4.69) is 36.3 Å². The molecule has 0 bridgehead atoms. The molecule has 1 heterocycles. The molecular formula is C16H21N3. The van der Waals surface area contributed by atoms with Gasteiger partial charge in [-0.1, -0.05) is 26.0 Å². The molecule has 1 aromatic carbocycles. The number of rotatable bonds is 4. The van der Waals surface area contributed by atoms with Crippen LogP contribution in [0.4, 0.5) is 11.4 Å². The van der Waals surface area contributed by atoms with Gasteiger partial charge in [0.15, 0.2) is 0 Å². The van der Waals surface area contributed by atoms with Crippen LogP contribution in [0.1, 0.15) is 25.1 Å². The van der Waals surface area contributed by atoms with Gasteiger partial charge in [0, 0.05) is 23.9 Å². The fraction of sp³-hybridized carbons (Fsp3) is 0.312. The molecule has 19 heavy (non-hydrogen) atoms. The zero-order chi connectivity index (χ0) is 13.9. The summed E-state index contributed by atoms with van der Waals surface area (Å²) in [5.41, 5.74) is 9.99. The molecule has 100 valence electrons. The average molecular weight is 255 g/mol. The van der Waals surface area contributed by atoms with Gasteiger partial charge in [0.05, 0.1) is 11.4 Å². The number of benzene rings is 1. The van der Waals surface area contributed by atoms with E-state index in [0.717, 1.165) is 23.6 Å². The molecule has 3 nitrogen and oxygen atoms in total. The highest BCUT2D eigenvalue weighted by molar-refractivity contribution is 5.67. The van der Waals surface area contributed by atoms with E-state index in [9.17, 15) is 0 Å². The lowest BCUT2D eigenvalue weighted by Crippen LogP contribution is -2.28. The molecule has 1 aromatic heterocycles. The Hall–Kier alpha value is -2.03. The molecule has 2 aromatic rings. The van der Waals surface area contributed by atoms with Crippen LogP contribution in [-0.2, 0) is 5.41 Å². The van der Waals surface area contributed by atoms with Gasteiger partial charge >= 0.3 is 0 Å². The van der Waals surface area contributed by atoms with Crippen LogP contribution in [0.2, 0.25) is 0 Å². The highest BCUT2D eigenvalue weighted by atomic mass is 14.9. The number of anilines is 2. The second kappa shape index (κ2) is 5.31. The minimum Gasteiger partial charge on any atom is -0.397 e. The third-order valence-electron chi connectivity index (χ3n) is 3.29. The van der Waals surface area contributed by atoms with Crippen molar-refractivity contribution < 1.29 is 0 Å². The SMILES string of the molecule is Cc1ccc(NCC(C)(C)c2ccccn2)c(N)c1. The molecule has 0 unspecified atom stereocenters. The number of hydrogen-bond acceptors (Lipinski definition) is 3. The van der Waals surface area contributed by atoms with E-state index in [0.29, 0.717) is 0 Å². The fourth-order valence-electron chi connectivity index (χ4n) is 2.01. The van der Waals surface area contributed by atoms with Crippen molar-refractivity contribution in [1.29, 1.82) is 0 Å². The van der Waals surface area contributed by atoms with Crippen molar-refractivity contribution in [2.75, 3.05) is 17.6 Å². The summed E-state index contributed by atoms with van der Waals surface area (Å²) in [5.74, 6) is 0. The van der Waals surface area contributed by atoms with Gasteiger partial charge in [-0.3, -0.25) is 4.98 Å². The summed E-state index contributed by atoms with van der Waals surface area (Å²) in [5, 5.41) is 3.41. The Morgan fingerprint density at radius 2 is 2.00 bits per heavy atom. The first-order valence-electron chi connectivity index (χ1n) is 6.50. The van der Waals surface area contributed by atoms with Crippen LogP contribution < -0.4 is 11.1 Å². The summed E-state index contributed by atoms with van der Waals surface area (Å²) in [4.78, 5) is 4.43. The molecular weight excluding hydrogens is 234 g/mol. The first-order valence-corrected chi connectivity index (χ1v) is 6.50. The first kappa shape index (κ1) is 13.4. The van der Waals surface area contributed by atoms with Gasteiger partial charge in [-0.05, 0) is 36.8 Å². The van der Waals surface area contributed by atoms with E-state index in [4.69, 9.17) is 5.73 Å². The van der Waals surface area contributed by atoms with Crippen molar-refractivity contribution in [3.8, 4) is 0 Å². The standard InChI is InChI=1S/C16H21N3/c1-12-7-8-14(13(17)10-12)19-11-16(2,3)15-6-4-5-9-18-15/h4-10,19H,11,17H2,1-3H3. The Labute approximate surface area is 114 Å². The Kier molecular flexibility index (Phi) is 3.74. The number of nitrogens with zero attached hydrogens (tertiary/aromatic N) is 1. The minimum absolute atomic E-state index is 0.0431. The van der Waals surface area contributed by atoms with Crippen molar-refractivity contribution in [1.82, 2.24) is 4.98 Å². The van der Waals surface area contributed by atoms with Crippen molar-refractivity contribution in [3.05, 3.63) is 53.9 Å². The van der Waals surface area contributed by atoms with Gasteiger partial charge in [-0.15, -0.1) is 0 Å². The molecule has 3 N–H and O–H groups in total. The molecule has 0 aliphatic rings. The number of pyridine rings is 1. The predicted molar refractivity (Wildman–Crippen MR) is 81.3 cm³/mol. The topological polar surface area (TPSA) is 50.9 Å². The van der Waals surface area contributed by atoms with Crippen LogP contribution in [0.25, 0.3) is 0 Å². The number of hydrogen-bond donors (Lipinski definition) is 2. The lowest BCUT2D eigenvalue weighted by Gasteiger charge is -2.25. The minimum atomic E-state index is -0.0431. The monoisotopic (exact) mass is 255 g/mol. The van der Waals surface area contributed by atoms with Crippen LogP contribution in [-0.4, -0.2) is 11.5 Å². The average Bonchev–Trinajstić information content (AvgIpc) is 2.39. The first-order chi connectivity index (χ1) is 8.99. The summed E-state index contributed by atoms with van der Waals surface area (Å²) < 4.78 is 0. The summed E-state index contributed by atoms with van der Waals surface area (Å²) in [6.45, 7) is 7.18. The normalized spacial score (nSPS) is 11.3. The Morgan fingerprint density at radius 3 is 2.63 bits per heavy atom. The number of nitrogens with one attached hydrogen (secondary N) is 1. The molecule has 0 radical (unpaired) electrons. The number of aryl methyl sites for hydroxylation is 1. The van der Waals surface area contributed by atoms with Crippen molar-refractivity contribution in [3.63, 3.8) is 0 Å². The maximum atomic E-state index is 6.01. The van der Waals surface area contributed by atoms with Crippen LogP contribution in [0.3, 0.4) is 0 Å². The molecule has 0 spiro atoms. The van der Waals surface area contributed by atoms with Crippen molar-refractivity contribution in [2.45, 2.75) is 26.2 Å². The molecule has 0 aliphatic heterocycles. The molecule has 2 rings (SSSR count). The zero-order valence-electron chi connectivity index (χ0n) is 11.8. The molecule has 0 fully saturated rings. The van der Waals surface area contributed by atoms with E-state index >= 15 is 0 Å². The molecule has 0 aliphatic carbocycles. The second-order valence-electron chi connectivity index (χ2n) is 5.54. The predicted octanol–water partition coefficient (Wildman–Crippen LogP) is 3.36. The summed E-state index contributed by atoms with van der Waals surface area (Å²) in [6, 6.07) is 12.1. The van der Waals surface area contributed by atoms with E-state index in [1.807, 2.05) is 37.4 Å². The van der Waals surface area contributed by atoms with Crippen molar-refractivity contribution >= 4 is 11.4 Å². The molecule has 0 saturated carbocycles. The summed E-state index contributed by atoms with van der Waals surface area (Å²) in [7, 11) is 0. The van der Waals surface area contributed by atoms with Crippen LogP contribution in [0.15, 0.2) is 42.6 Å². The zero-order valence-corrected chi connectivity index (χ0v) is 11.8. The highest BCUT2D eigenvalue weighted by Crippen LogP contribution is 2.24. The van der Waals surface area contributed by atoms with E-state index in [1.165, 1.54) is 5.56 Å². The lowest BCUT2D eigenvalue weighted by atomic mass is 9.88. The molecule has 0 amide bonds. The quantitative estimate of drug-likeness (QED) is 0.824. The Bertz CT molecular complexity index is 547. The van der Waals surface area contributed by atoms with Gasteiger partial charge < -0.3 is 11.1 Å². The maximum absolute atomic E-state index is 6.01. The molecule has 3 heteroatoms. The smallest absolute Gasteiger partial charge is 0.0574 e. The van der Waals surface area contributed by atoms with Crippen LogP contribution in [0.5, 0.6) is 0 Å². The largest absolute Gasteiger partial charge is 0.397 e. The summed E-state index contributed by atoms with van der Waals surface area (Å²) >= 11 is 0. The van der Waals surface area contributed by atoms with Gasteiger partial charge in [-0.2, -0.15) is 0 Å². The number of aromatic nitrogens is 1. The molecule has 0 atom stereocenters. The Morgan fingerprint density at radius 1 is 1.21 bits per heavy atom. The second-order valence-corrected chi connectivity index (χ2v) is 5.54. The highest BCUT2D eigenvalue weighted by Gasteiger charge is 2.21. The van der Waals surface area contributed by atoms with Crippen LogP contribution >= 0.6 is 0 Å².